The number of aliphatic hydroxyl groups excluding tert-OH is 1. The third kappa shape index (κ3) is 1.68. The normalized spacial score (nSPS) is 13.2. The molecule has 86 valence electrons. The Labute approximate surface area is 90.7 Å². The molecule has 2 N–H and O–H groups in total. The van der Waals surface area contributed by atoms with Gasteiger partial charge in [-0.2, -0.15) is 0 Å². The first-order chi connectivity index (χ1) is 7.65. The highest BCUT2D eigenvalue weighted by molar-refractivity contribution is 5.79. The van der Waals surface area contributed by atoms with Gasteiger partial charge in [0.25, 0.3) is 0 Å². The fraction of sp³-hybridized carbons (Fsp3) is 0.273. The highest BCUT2D eigenvalue weighted by atomic mass is 19.1. The second-order valence-electron chi connectivity index (χ2n) is 3.49. The smallest absolute Gasteiger partial charge is 0.143 e. The maximum Gasteiger partial charge on any atom is 0.143 e. The van der Waals surface area contributed by atoms with E-state index in [0.717, 1.165) is 6.07 Å². The minimum atomic E-state index is -1.22. The maximum atomic E-state index is 13.8. The summed E-state index contributed by atoms with van der Waals surface area (Å²) in [6.07, 6.45) is 0.0609. The molecule has 1 aromatic heterocycles. The van der Waals surface area contributed by atoms with E-state index >= 15 is 0 Å². The summed E-state index contributed by atoms with van der Waals surface area (Å²) in [7, 11) is 1.59. The van der Waals surface area contributed by atoms with Crippen LogP contribution in [0.4, 0.5) is 8.78 Å². The minimum absolute atomic E-state index is 0.0806. The Morgan fingerprint density at radius 1 is 1.50 bits per heavy atom. The monoisotopic (exact) mass is 227 g/mol. The van der Waals surface area contributed by atoms with E-state index in [9.17, 15) is 13.9 Å². The van der Waals surface area contributed by atoms with Crippen LogP contribution in [0, 0.1) is 11.6 Å². The van der Waals surface area contributed by atoms with Gasteiger partial charge in [0.2, 0.25) is 0 Å². The predicted octanol–water partition coefficient (Wildman–Crippen LogP) is 1.96. The van der Waals surface area contributed by atoms with E-state index in [1.54, 1.807) is 7.05 Å². The molecule has 2 rings (SSSR count). The standard InChI is InChI=1S/C11H11F2NO2/c1-14-5-8(15)10-7(12)4-9-6(11(10)13)2-3-16-9/h2-4,8,14-15H,5H2,1H3. The molecule has 1 heterocycles. The van der Waals surface area contributed by atoms with E-state index in [1.165, 1.54) is 12.3 Å². The molecule has 0 saturated heterocycles. The van der Waals surface area contributed by atoms with Crippen LogP contribution in [0.3, 0.4) is 0 Å². The van der Waals surface area contributed by atoms with E-state index in [2.05, 4.69) is 5.32 Å². The third-order valence-corrected chi connectivity index (χ3v) is 2.41. The van der Waals surface area contributed by atoms with Gasteiger partial charge >= 0.3 is 0 Å². The van der Waals surface area contributed by atoms with E-state index in [1.807, 2.05) is 0 Å². The van der Waals surface area contributed by atoms with Crippen LogP contribution in [0.1, 0.15) is 11.7 Å². The van der Waals surface area contributed by atoms with Gasteiger partial charge in [-0.25, -0.2) is 8.78 Å². The van der Waals surface area contributed by atoms with Crippen LogP contribution in [0.2, 0.25) is 0 Å². The topological polar surface area (TPSA) is 45.4 Å². The molecule has 5 heteroatoms. The van der Waals surface area contributed by atoms with Crippen LogP contribution in [0.25, 0.3) is 11.0 Å². The number of nitrogens with one attached hydrogen (secondary N) is 1. The van der Waals surface area contributed by atoms with Gasteiger partial charge in [0.1, 0.15) is 17.2 Å². The van der Waals surface area contributed by atoms with Crippen molar-refractivity contribution in [3.05, 3.63) is 35.6 Å². The van der Waals surface area contributed by atoms with Gasteiger partial charge in [-0.1, -0.05) is 0 Å². The summed E-state index contributed by atoms with van der Waals surface area (Å²) in [5, 5.41) is 12.4. The summed E-state index contributed by atoms with van der Waals surface area (Å²) >= 11 is 0. The van der Waals surface area contributed by atoms with Gasteiger partial charge in [0.05, 0.1) is 23.3 Å². The van der Waals surface area contributed by atoms with Crippen molar-refractivity contribution < 1.29 is 18.3 Å². The zero-order chi connectivity index (χ0) is 11.7. The lowest BCUT2D eigenvalue weighted by atomic mass is 10.1. The number of hydrogen-bond acceptors (Lipinski definition) is 3. The van der Waals surface area contributed by atoms with E-state index in [0.29, 0.717) is 0 Å². The summed E-state index contributed by atoms with van der Waals surface area (Å²) < 4.78 is 32.3. The Morgan fingerprint density at radius 3 is 2.94 bits per heavy atom. The minimum Gasteiger partial charge on any atom is -0.464 e. The largest absolute Gasteiger partial charge is 0.464 e. The fourth-order valence-corrected chi connectivity index (χ4v) is 1.66. The fourth-order valence-electron chi connectivity index (χ4n) is 1.66. The van der Waals surface area contributed by atoms with Crippen LogP contribution >= 0.6 is 0 Å². The SMILES string of the molecule is CNCC(O)c1c(F)cc2occc2c1F. The van der Waals surface area contributed by atoms with Crippen LogP contribution in [-0.4, -0.2) is 18.7 Å². The molecular weight excluding hydrogens is 216 g/mol. The number of benzene rings is 1. The van der Waals surface area contributed by atoms with Gasteiger partial charge < -0.3 is 14.8 Å². The van der Waals surface area contributed by atoms with Gasteiger partial charge in [-0.3, -0.25) is 0 Å². The Balaban J connectivity index is 2.59. The number of halogens is 2. The van der Waals surface area contributed by atoms with Crippen LogP contribution < -0.4 is 5.32 Å². The summed E-state index contributed by atoms with van der Waals surface area (Å²) in [6.45, 7) is 0.0806. The summed E-state index contributed by atoms with van der Waals surface area (Å²) in [5.74, 6) is -1.57. The third-order valence-electron chi connectivity index (χ3n) is 2.41. The van der Waals surface area contributed by atoms with Crippen molar-refractivity contribution in [1.29, 1.82) is 0 Å². The molecule has 3 nitrogen and oxygen atoms in total. The Hall–Kier alpha value is -1.46. The van der Waals surface area contributed by atoms with Gasteiger partial charge in [-0.05, 0) is 13.1 Å². The highest BCUT2D eigenvalue weighted by Gasteiger charge is 2.21. The summed E-state index contributed by atoms with van der Waals surface area (Å²) in [5.41, 5.74) is -0.196. The van der Waals surface area contributed by atoms with Crippen molar-refractivity contribution in [2.45, 2.75) is 6.10 Å². The number of furan rings is 1. The molecular formula is C11H11F2NO2. The van der Waals surface area contributed by atoms with Crippen molar-refractivity contribution in [1.82, 2.24) is 5.32 Å². The Bertz CT molecular complexity index is 510. The molecule has 0 saturated carbocycles. The Morgan fingerprint density at radius 2 is 2.25 bits per heavy atom. The maximum absolute atomic E-state index is 13.8. The molecule has 0 amide bonds. The molecule has 1 atom stereocenters. The molecule has 0 spiro atoms. The number of aliphatic hydroxyl groups is 1. The molecule has 16 heavy (non-hydrogen) atoms. The first-order valence-corrected chi connectivity index (χ1v) is 4.83. The van der Waals surface area contributed by atoms with Gasteiger partial charge in [0, 0.05) is 12.6 Å². The van der Waals surface area contributed by atoms with Crippen molar-refractivity contribution >= 4 is 11.0 Å². The van der Waals surface area contributed by atoms with Crippen molar-refractivity contribution in [3.8, 4) is 0 Å². The Kier molecular flexibility index (Phi) is 2.89. The van der Waals surface area contributed by atoms with Crippen molar-refractivity contribution in [3.63, 3.8) is 0 Å². The molecule has 0 bridgehead atoms. The first-order valence-electron chi connectivity index (χ1n) is 4.83. The molecule has 1 unspecified atom stereocenters. The van der Waals surface area contributed by atoms with Crippen molar-refractivity contribution in [2.75, 3.05) is 13.6 Å². The molecule has 0 aliphatic rings. The average Bonchev–Trinajstić information content (AvgIpc) is 2.66. The number of rotatable bonds is 3. The molecule has 1 aromatic carbocycles. The van der Waals surface area contributed by atoms with E-state index < -0.39 is 17.7 Å². The lowest BCUT2D eigenvalue weighted by Gasteiger charge is -2.12. The molecule has 0 radical (unpaired) electrons. The molecule has 0 aliphatic carbocycles. The summed E-state index contributed by atoms with van der Waals surface area (Å²) in [6, 6.07) is 2.48. The van der Waals surface area contributed by atoms with E-state index in [4.69, 9.17) is 4.42 Å². The molecule has 0 fully saturated rings. The average molecular weight is 227 g/mol. The van der Waals surface area contributed by atoms with Crippen LogP contribution in [0.5, 0.6) is 0 Å². The summed E-state index contributed by atoms with van der Waals surface area (Å²) in [4.78, 5) is 0. The first kappa shape index (κ1) is 11.0. The lowest BCUT2D eigenvalue weighted by molar-refractivity contribution is 0.168. The number of fused-ring (bicyclic) bond motifs is 1. The van der Waals surface area contributed by atoms with Crippen molar-refractivity contribution in [2.24, 2.45) is 0 Å². The van der Waals surface area contributed by atoms with Crippen LogP contribution in [0.15, 0.2) is 22.8 Å². The van der Waals surface area contributed by atoms with Gasteiger partial charge in [0.15, 0.2) is 0 Å². The second-order valence-corrected chi connectivity index (χ2v) is 3.49. The second kappa shape index (κ2) is 4.19. The zero-order valence-corrected chi connectivity index (χ0v) is 8.63. The zero-order valence-electron chi connectivity index (χ0n) is 8.63. The molecule has 0 aliphatic heterocycles. The van der Waals surface area contributed by atoms with Gasteiger partial charge in [-0.15, -0.1) is 0 Å². The highest BCUT2D eigenvalue weighted by Crippen LogP contribution is 2.28. The number of hydrogen-bond donors (Lipinski definition) is 2. The molecule has 2 aromatic rings. The number of likely N-dealkylation sites (N-methyl/N-ethyl adjacent to an activating group) is 1. The predicted molar refractivity (Wildman–Crippen MR) is 55.0 cm³/mol. The lowest BCUT2D eigenvalue weighted by Crippen LogP contribution is -2.18. The van der Waals surface area contributed by atoms with Crippen LogP contribution in [-0.2, 0) is 0 Å². The van der Waals surface area contributed by atoms with E-state index in [-0.39, 0.29) is 23.1 Å². The quantitative estimate of drug-likeness (QED) is 0.842.